The van der Waals surface area contributed by atoms with E-state index in [1.165, 1.54) is 13.2 Å². The fourth-order valence-electron chi connectivity index (χ4n) is 4.72. The van der Waals surface area contributed by atoms with Crippen LogP contribution in [0.1, 0.15) is 27.9 Å². The molecule has 0 spiro atoms. The van der Waals surface area contributed by atoms with Crippen LogP contribution in [0.5, 0.6) is 11.5 Å². The number of aliphatic hydroxyl groups is 1. The lowest BCUT2D eigenvalue weighted by Crippen LogP contribution is -2.54. The monoisotopic (exact) mass is 532 g/mol. The van der Waals surface area contributed by atoms with Gasteiger partial charge in [-0.1, -0.05) is 49.1 Å². The van der Waals surface area contributed by atoms with E-state index in [-0.39, 0.29) is 30.4 Å². The number of amides is 2. The van der Waals surface area contributed by atoms with Crippen LogP contribution in [-0.4, -0.2) is 54.5 Å². The van der Waals surface area contributed by atoms with Crippen LogP contribution >= 0.6 is 11.3 Å². The van der Waals surface area contributed by atoms with Crippen molar-refractivity contribution >= 4 is 34.6 Å². The van der Waals surface area contributed by atoms with Crippen LogP contribution in [0.25, 0.3) is 5.57 Å². The van der Waals surface area contributed by atoms with Crippen LogP contribution in [0.2, 0.25) is 0 Å². The van der Waals surface area contributed by atoms with Gasteiger partial charge in [0.25, 0.3) is 5.91 Å². The lowest BCUT2D eigenvalue weighted by atomic mass is 9.96. The van der Waals surface area contributed by atoms with Gasteiger partial charge in [0.1, 0.15) is 13.2 Å². The first-order valence-corrected chi connectivity index (χ1v) is 13.1. The van der Waals surface area contributed by atoms with Crippen molar-refractivity contribution in [3.8, 4) is 11.5 Å². The Morgan fingerprint density at radius 3 is 2.74 bits per heavy atom. The molecule has 8 nitrogen and oxygen atoms in total. The number of carbonyl (C=O) groups excluding carboxylic acids is 2. The van der Waals surface area contributed by atoms with Crippen molar-refractivity contribution in [3.63, 3.8) is 0 Å². The highest BCUT2D eigenvalue weighted by Crippen LogP contribution is 2.41. The summed E-state index contributed by atoms with van der Waals surface area (Å²) in [5, 5.41) is 15.6. The minimum absolute atomic E-state index is 0.0524. The van der Waals surface area contributed by atoms with Crippen LogP contribution in [0, 0.1) is 0 Å². The molecule has 2 aliphatic rings. The van der Waals surface area contributed by atoms with Gasteiger partial charge < -0.3 is 24.2 Å². The number of benzene rings is 2. The van der Waals surface area contributed by atoms with Crippen molar-refractivity contribution in [1.82, 2.24) is 4.90 Å². The van der Waals surface area contributed by atoms with Gasteiger partial charge in [0.2, 0.25) is 0 Å². The van der Waals surface area contributed by atoms with E-state index < -0.39 is 18.4 Å². The highest BCUT2D eigenvalue weighted by atomic mass is 32.1. The quantitative estimate of drug-likeness (QED) is 0.426. The predicted octanol–water partition coefficient (Wildman–Crippen LogP) is 5.09. The zero-order valence-corrected chi connectivity index (χ0v) is 21.7. The Morgan fingerprint density at radius 2 is 2.03 bits per heavy atom. The maximum Gasteiger partial charge on any atom is 0.416 e. The number of rotatable bonds is 7. The van der Waals surface area contributed by atoms with Crippen LogP contribution in [-0.2, 0) is 11.3 Å². The van der Waals surface area contributed by atoms with E-state index in [0.29, 0.717) is 24.5 Å². The molecule has 0 saturated carbocycles. The molecule has 5 rings (SSSR count). The summed E-state index contributed by atoms with van der Waals surface area (Å²) >= 11 is 1.58. The van der Waals surface area contributed by atoms with Gasteiger partial charge in [-0.3, -0.25) is 4.79 Å². The van der Waals surface area contributed by atoms with Crippen molar-refractivity contribution < 1.29 is 28.9 Å². The van der Waals surface area contributed by atoms with Crippen molar-refractivity contribution in [2.75, 3.05) is 25.2 Å². The van der Waals surface area contributed by atoms with Crippen LogP contribution in [0.4, 0.5) is 10.5 Å². The molecule has 0 fully saturated rings. The van der Waals surface area contributed by atoms with E-state index in [1.54, 1.807) is 28.4 Å². The maximum atomic E-state index is 13.8. The SMILES string of the molecule is C=CCOC(=O)N1c2cc(OCc3ccccc3)c(OC)cc2C(=O)N2CCC(c3ccsc3)=C[C@H]2[C@@H]1O. The molecule has 2 aromatic carbocycles. The smallest absolute Gasteiger partial charge is 0.416 e. The molecule has 9 heteroatoms. The number of carbonyl (C=O) groups is 2. The number of hydrogen-bond donors (Lipinski definition) is 1. The predicted molar refractivity (Wildman–Crippen MR) is 146 cm³/mol. The van der Waals surface area contributed by atoms with Crippen molar-refractivity contribution in [1.29, 1.82) is 0 Å². The maximum absolute atomic E-state index is 13.8. The van der Waals surface area contributed by atoms with E-state index in [9.17, 15) is 14.7 Å². The van der Waals surface area contributed by atoms with Crippen LogP contribution in [0.3, 0.4) is 0 Å². The summed E-state index contributed by atoms with van der Waals surface area (Å²) in [6.07, 6.45) is 1.72. The van der Waals surface area contributed by atoms with E-state index >= 15 is 0 Å². The molecular weight excluding hydrogens is 504 g/mol. The minimum Gasteiger partial charge on any atom is -0.493 e. The van der Waals surface area contributed by atoms with Crippen molar-refractivity contribution in [2.45, 2.75) is 25.3 Å². The second-order valence-electron chi connectivity index (χ2n) is 8.89. The summed E-state index contributed by atoms with van der Waals surface area (Å²) in [7, 11) is 1.49. The summed E-state index contributed by atoms with van der Waals surface area (Å²) in [5.74, 6) is 0.342. The summed E-state index contributed by atoms with van der Waals surface area (Å²) < 4.78 is 17.0. The number of ether oxygens (including phenoxy) is 3. The number of anilines is 1. The number of fused-ring (bicyclic) bond motifs is 2. The molecule has 2 aliphatic heterocycles. The third-order valence-corrected chi connectivity index (χ3v) is 7.29. The van der Waals surface area contributed by atoms with Crippen molar-refractivity contribution in [3.05, 3.63) is 94.7 Å². The number of nitrogens with zero attached hydrogens (tertiary/aromatic N) is 2. The second kappa shape index (κ2) is 11.1. The lowest BCUT2D eigenvalue weighted by molar-refractivity contribution is 0.0476. The van der Waals surface area contributed by atoms with Crippen molar-refractivity contribution in [2.24, 2.45) is 0 Å². The zero-order chi connectivity index (χ0) is 26.6. The van der Waals surface area contributed by atoms with Gasteiger partial charge in [0.05, 0.1) is 24.4 Å². The molecule has 196 valence electrons. The first-order valence-electron chi connectivity index (χ1n) is 12.2. The molecule has 0 radical (unpaired) electrons. The summed E-state index contributed by atoms with van der Waals surface area (Å²) in [5.41, 5.74) is 3.37. The Balaban J connectivity index is 1.59. The number of thiophene rings is 1. The summed E-state index contributed by atoms with van der Waals surface area (Å²) in [6.45, 7) is 4.17. The van der Waals surface area contributed by atoms with Gasteiger partial charge in [-0.25, -0.2) is 9.69 Å². The Labute approximate surface area is 225 Å². The highest BCUT2D eigenvalue weighted by molar-refractivity contribution is 7.08. The second-order valence-corrected chi connectivity index (χ2v) is 9.67. The van der Waals surface area contributed by atoms with Gasteiger partial charge in [0, 0.05) is 12.6 Å². The topological polar surface area (TPSA) is 88.5 Å². The molecule has 1 aromatic heterocycles. The molecule has 0 unspecified atom stereocenters. The fourth-order valence-corrected chi connectivity index (χ4v) is 5.40. The third kappa shape index (κ3) is 4.90. The van der Waals surface area contributed by atoms with Gasteiger partial charge in [-0.2, -0.15) is 11.3 Å². The molecule has 0 bridgehead atoms. The summed E-state index contributed by atoms with van der Waals surface area (Å²) in [6, 6.07) is 13.9. The van der Waals surface area contributed by atoms with Gasteiger partial charge in [0.15, 0.2) is 17.7 Å². The number of hydrogen-bond acceptors (Lipinski definition) is 7. The van der Waals surface area contributed by atoms with E-state index in [4.69, 9.17) is 14.2 Å². The fraction of sp³-hybridized carbons (Fsp3) is 0.241. The minimum atomic E-state index is -1.40. The molecule has 1 N–H and O–H groups in total. The van der Waals surface area contributed by atoms with Crippen LogP contribution < -0.4 is 14.4 Å². The molecule has 2 atom stereocenters. The average molecular weight is 533 g/mol. The normalized spacial score (nSPS) is 18.6. The molecule has 2 amide bonds. The Kier molecular flexibility index (Phi) is 7.48. The lowest BCUT2D eigenvalue weighted by Gasteiger charge is -2.37. The molecular formula is C29H28N2O6S. The zero-order valence-electron chi connectivity index (χ0n) is 20.9. The molecule has 3 heterocycles. The van der Waals surface area contributed by atoms with E-state index in [2.05, 4.69) is 6.58 Å². The Hall–Kier alpha value is -4.08. The van der Waals surface area contributed by atoms with Crippen LogP contribution in [0.15, 0.2) is 78.0 Å². The molecule has 0 saturated heterocycles. The Bertz CT molecular complexity index is 1350. The van der Waals surface area contributed by atoms with Gasteiger partial charge in [-0.05, 0) is 46.0 Å². The molecule has 3 aromatic rings. The largest absolute Gasteiger partial charge is 0.493 e. The number of methoxy groups -OCH3 is 1. The average Bonchev–Trinajstić information content (AvgIpc) is 3.47. The first-order chi connectivity index (χ1) is 18.5. The van der Waals surface area contributed by atoms with E-state index in [1.807, 2.05) is 53.2 Å². The number of aliphatic hydroxyl groups excluding tert-OH is 1. The third-order valence-electron chi connectivity index (χ3n) is 6.61. The summed E-state index contributed by atoms with van der Waals surface area (Å²) in [4.78, 5) is 29.8. The molecule has 38 heavy (non-hydrogen) atoms. The first kappa shape index (κ1) is 25.6. The van der Waals surface area contributed by atoms with Gasteiger partial charge >= 0.3 is 6.09 Å². The molecule has 0 aliphatic carbocycles. The van der Waals surface area contributed by atoms with Gasteiger partial charge in [-0.15, -0.1) is 0 Å². The van der Waals surface area contributed by atoms with E-state index in [0.717, 1.165) is 21.6 Å². The standard InChI is InChI=1S/C29H28N2O6S/c1-3-12-36-29(34)31-23-16-26(37-17-19-7-5-4-6-8-19)25(35-2)15-22(23)27(32)30-11-9-20(14-24(30)28(31)33)21-10-13-38-18-21/h3-8,10,13-16,18,24,28,33H,1,9,11-12,17H2,2H3/t24-,28-/m0/s1. The highest BCUT2D eigenvalue weighted by Gasteiger charge is 2.44. The Morgan fingerprint density at radius 1 is 1.21 bits per heavy atom.